The second-order valence-corrected chi connectivity index (χ2v) is 6.83. The number of carbonyl (C=O) groups excluding carboxylic acids is 1. The van der Waals surface area contributed by atoms with E-state index in [0.717, 1.165) is 0 Å². The lowest BCUT2D eigenvalue weighted by Crippen LogP contribution is -2.17. The zero-order valence-electron chi connectivity index (χ0n) is 14.9. The minimum absolute atomic E-state index is 0.188. The lowest BCUT2D eigenvalue weighted by atomic mass is 10.2. The molecular formula is C19H16BrN3O5. The first-order valence-electron chi connectivity index (χ1n) is 8.51. The van der Waals surface area contributed by atoms with Gasteiger partial charge in [0.25, 0.3) is 5.91 Å². The molecule has 8 nitrogen and oxygen atoms in total. The van der Waals surface area contributed by atoms with Gasteiger partial charge in [0.15, 0.2) is 18.1 Å². The highest BCUT2D eigenvalue weighted by molar-refractivity contribution is 9.10. The summed E-state index contributed by atoms with van der Waals surface area (Å²) in [5, 5.41) is 6.63. The van der Waals surface area contributed by atoms with Crippen molar-refractivity contribution >= 4 is 27.5 Å². The summed E-state index contributed by atoms with van der Waals surface area (Å²) in [5.74, 6) is 2.54. The number of hydrogen-bond acceptors (Lipinski definition) is 7. The van der Waals surface area contributed by atoms with E-state index in [0.29, 0.717) is 57.9 Å². The molecule has 2 aromatic carbocycles. The highest BCUT2D eigenvalue weighted by Crippen LogP contribution is 2.38. The minimum atomic E-state index is -0.252. The summed E-state index contributed by atoms with van der Waals surface area (Å²) in [4.78, 5) is 16.6. The summed E-state index contributed by atoms with van der Waals surface area (Å²) >= 11 is 3.44. The van der Waals surface area contributed by atoms with Crippen LogP contribution >= 0.6 is 15.9 Å². The Bertz CT molecular complexity index is 1000. The van der Waals surface area contributed by atoms with Gasteiger partial charge in [0, 0.05) is 29.1 Å². The number of fused-ring (bicyclic) bond motifs is 1. The van der Waals surface area contributed by atoms with E-state index in [2.05, 4.69) is 31.4 Å². The van der Waals surface area contributed by atoms with Crippen molar-refractivity contribution in [2.24, 2.45) is 0 Å². The van der Waals surface area contributed by atoms with Crippen LogP contribution in [0.2, 0.25) is 0 Å². The Morgan fingerprint density at radius 1 is 1.18 bits per heavy atom. The maximum atomic E-state index is 12.6. The van der Waals surface area contributed by atoms with Crippen molar-refractivity contribution in [3.05, 3.63) is 58.1 Å². The predicted octanol–water partition coefficient (Wildman–Crippen LogP) is 3.74. The van der Waals surface area contributed by atoms with Crippen LogP contribution in [0.15, 0.2) is 45.4 Å². The van der Waals surface area contributed by atoms with Crippen molar-refractivity contribution < 1.29 is 23.5 Å². The molecule has 0 fully saturated rings. The predicted molar refractivity (Wildman–Crippen MR) is 103 cm³/mol. The third-order valence-corrected chi connectivity index (χ3v) is 4.59. The molecule has 1 amide bonds. The zero-order chi connectivity index (χ0) is 19.5. The number of anilines is 1. The van der Waals surface area contributed by atoms with Crippen LogP contribution in [0.25, 0.3) is 0 Å². The van der Waals surface area contributed by atoms with E-state index < -0.39 is 0 Å². The van der Waals surface area contributed by atoms with Crippen molar-refractivity contribution in [2.75, 3.05) is 18.5 Å². The van der Waals surface area contributed by atoms with Crippen LogP contribution in [-0.2, 0) is 6.61 Å². The summed E-state index contributed by atoms with van der Waals surface area (Å²) in [7, 11) is 0. The molecule has 0 aliphatic carbocycles. The van der Waals surface area contributed by atoms with Gasteiger partial charge in [-0.15, -0.1) is 0 Å². The van der Waals surface area contributed by atoms with Gasteiger partial charge in [-0.3, -0.25) is 4.79 Å². The fraction of sp³-hybridized carbons (Fsp3) is 0.211. The molecule has 0 bridgehead atoms. The summed E-state index contributed by atoms with van der Waals surface area (Å²) in [5.41, 5.74) is 1.09. The van der Waals surface area contributed by atoms with E-state index in [4.69, 9.17) is 18.7 Å². The summed E-state index contributed by atoms with van der Waals surface area (Å²) in [6, 6.07) is 10.3. The third kappa shape index (κ3) is 4.09. The van der Waals surface area contributed by atoms with Crippen LogP contribution in [0.5, 0.6) is 17.2 Å². The van der Waals surface area contributed by atoms with Crippen molar-refractivity contribution in [1.82, 2.24) is 10.1 Å². The first-order valence-corrected chi connectivity index (χ1v) is 9.30. The van der Waals surface area contributed by atoms with Crippen molar-refractivity contribution in [1.29, 1.82) is 0 Å². The quantitative estimate of drug-likeness (QED) is 0.638. The van der Waals surface area contributed by atoms with E-state index in [1.807, 2.05) is 0 Å². The number of nitrogens with one attached hydrogen (secondary N) is 1. The Kier molecular flexibility index (Phi) is 5.16. The van der Waals surface area contributed by atoms with Crippen molar-refractivity contribution in [2.45, 2.75) is 13.5 Å². The Labute approximate surface area is 168 Å². The Hall–Kier alpha value is -3.07. The van der Waals surface area contributed by atoms with Crippen LogP contribution in [0.1, 0.15) is 22.1 Å². The van der Waals surface area contributed by atoms with E-state index in [1.54, 1.807) is 43.3 Å². The molecule has 2 heterocycles. The molecule has 0 unspecified atom stereocenters. The number of benzene rings is 2. The minimum Gasteiger partial charge on any atom is -0.486 e. The standard InChI is InChI=1S/C19H16BrN3O5/c1-11-21-18(23-28-11)10-27-13-4-2-12(3-5-13)19(24)22-15-9-17-16(8-14(15)20)25-6-7-26-17/h2-5,8-9H,6-7,10H2,1H3,(H,22,24). The van der Waals surface area contributed by atoms with E-state index in [9.17, 15) is 4.79 Å². The summed E-state index contributed by atoms with van der Waals surface area (Å²) in [6.07, 6.45) is 0. The van der Waals surface area contributed by atoms with Crippen molar-refractivity contribution in [3.63, 3.8) is 0 Å². The van der Waals surface area contributed by atoms with Crippen LogP contribution < -0.4 is 19.5 Å². The molecule has 4 rings (SSSR count). The van der Waals surface area contributed by atoms with Crippen LogP contribution in [0.3, 0.4) is 0 Å². The summed E-state index contributed by atoms with van der Waals surface area (Å²) in [6.45, 7) is 2.88. The topological polar surface area (TPSA) is 95.7 Å². The van der Waals surface area contributed by atoms with Gasteiger partial charge in [-0.05, 0) is 40.2 Å². The van der Waals surface area contributed by atoms with E-state index in [1.165, 1.54) is 0 Å². The lowest BCUT2D eigenvalue weighted by molar-refractivity contribution is 0.102. The van der Waals surface area contributed by atoms with Crippen LogP contribution in [0, 0.1) is 6.92 Å². The number of amides is 1. The average molecular weight is 446 g/mol. The monoisotopic (exact) mass is 445 g/mol. The number of carbonyl (C=O) groups is 1. The first-order chi connectivity index (χ1) is 13.6. The molecule has 3 aromatic rings. The molecule has 144 valence electrons. The largest absolute Gasteiger partial charge is 0.486 e. The van der Waals surface area contributed by atoms with Gasteiger partial charge < -0.3 is 24.1 Å². The van der Waals surface area contributed by atoms with Gasteiger partial charge in [-0.2, -0.15) is 4.98 Å². The van der Waals surface area contributed by atoms with Gasteiger partial charge >= 0.3 is 0 Å². The molecule has 0 radical (unpaired) electrons. The highest BCUT2D eigenvalue weighted by atomic mass is 79.9. The van der Waals surface area contributed by atoms with Crippen LogP contribution in [-0.4, -0.2) is 29.3 Å². The van der Waals surface area contributed by atoms with Gasteiger partial charge in [-0.1, -0.05) is 5.16 Å². The van der Waals surface area contributed by atoms with Crippen LogP contribution in [0.4, 0.5) is 5.69 Å². The number of aromatic nitrogens is 2. The number of halogens is 1. The Morgan fingerprint density at radius 3 is 2.57 bits per heavy atom. The zero-order valence-corrected chi connectivity index (χ0v) is 16.5. The normalized spacial score (nSPS) is 12.5. The second-order valence-electron chi connectivity index (χ2n) is 5.97. The number of ether oxygens (including phenoxy) is 3. The van der Waals surface area contributed by atoms with E-state index in [-0.39, 0.29) is 12.5 Å². The van der Waals surface area contributed by atoms with Gasteiger partial charge in [0.05, 0.1) is 5.69 Å². The molecule has 1 N–H and O–H groups in total. The SMILES string of the molecule is Cc1nc(COc2ccc(C(=O)Nc3cc4c(cc3Br)OCCO4)cc2)no1. The molecule has 1 aliphatic heterocycles. The summed E-state index contributed by atoms with van der Waals surface area (Å²) < 4.78 is 22.3. The van der Waals surface area contributed by atoms with Gasteiger partial charge in [0.1, 0.15) is 19.0 Å². The molecule has 9 heteroatoms. The second kappa shape index (κ2) is 7.89. The number of nitrogens with zero attached hydrogens (tertiary/aromatic N) is 2. The molecule has 0 atom stereocenters. The van der Waals surface area contributed by atoms with Gasteiger partial charge in [-0.25, -0.2) is 0 Å². The first kappa shape index (κ1) is 18.3. The molecular weight excluding hydrogens is 430 g/mol. The Balaban J connectivity index is 1.41. The molecule has 1 aromatic heterocycles. The third-order valence-electron chi connectivity index (χ3n) is 3.93. The Morgan fingerprint density at radius 2 is 1.89 bits per heavy atom. The molecule has 0 saturated heterocycles. The number of rotatable bonds is 5. The highest BCUT2D eigenvalue weighted by Gasteiger charge is 2.17. The molecule has 0 saturated carbocycles. The smallest absolute Gasteiger partial charge is 0.255 e. The molecule has 0 spiro atoms. The average Bonchev–Trinajstić information content (AvgIpc) is 3.12. The van der Waals surface area contributed by atoms with Crippen molar-refractivity contribution in [3.8, 4) is 17.2 Å². The number of aryl methyl sites for hydroxylation is 1. The van der Waals surface area contributed by atoms with E-state index >= 15 is 0 Å². The number of hydrogen-bond donors (Lipinski definition) is 1. The molecule has 28 heavy (non-hydrogen) atoms. The maximum absolute atomic E-state index is 12.6. The molecule has 1 aliphatic rings. The fourth-order valence-corrected chi connectivity index (χ4v) is 3.03. The maximum Gasteiger partial charge on any atom is 0.255 e. The van der Waals surface area contributed by atoms with Gasteiger partial charge in [0.2, 0.25) is 11.7 Å². The fourth-order valence-electron chi connectivity index (χ4n) is 2.60. The lowest BCUT2D eigenvalue weighted by Gasteiger charge is -2.20.